The molecule has 0 spiro atoms. The lowest BCUT2D eigenvalue weighted by Crippen LogP contribution is -2.27. The maximum Gasteiger partial charge on any atom is 0.303 e. The van der Waals surface area contributed by atoms with Gasteiger partial charge in [0.25, 0.3) is 6.43 Å². The number of hydrogen-bond donors (Lipinski definition) is 2. The summed E-state index contributed by atoms with van der Waals surface area (Å²) in [5.74, 6) is -1.25. The number of alkyl halides is 2. The number of carbonyl (C=O) groups is 2. The molecule has 0 aliphatic heterocycles. The van der Waals surface area contributed by atoms with Crippen molar-refractivity contribution in [1.82, 2.24) is 5.32 Å². The Labute approximate surface area is 91.8 Å². The zero-order valence-corrected chi connectivity index (χ0v) is 8.75. The molecule has 0 fully saturated rings. The maximum atomic E-state index is 11.6. The number of hydrogen-bond acceptors (Lipinski definition) is 3. The summed E-state index contributed by atoms with van der Waals surface area (Å²) in [6, 6.07) is 0. The lowest BCUT2D eigenvalue weighted by atomic mass is 10.2. The molecule has 0 radical (unpaired) electrons. The van der Waals surface area contributed by atoms with Gasteiger partial charge in [-0.3, -0.25) is 9.59 Å². The van der Waals surface area contributed by atoms with Crippen LogP contribution >= 0.6 is 0 Å². The molecule has 0 atom stereocenters. The first-order valence-electron chi connectivity index (χ1n) is 4.86. The molecule has 0 aliphatic rings. The van der Waals surface area contributed by atoms with Gasteiger partial charge in [-0.05, 0) is 6.42 Å². The van der Waals surface area contributed by atoms with Crippen molar-refractivity contribution < 1.29 is 28.2 Å². The number of amides is 1. The van der Waals surface area contributed by atoms with E-state index in [0.29, 0.717) is 0 Å². The molecule has 0 aromatic heterocycles. The summed E-state index contributed by atoms with van der Waals surface area (Å²) in [4.78, 5) is 21.1. The zero-order chi connectivity index (χ0) is 12.4. The summed E-state index contributed by atoms with van der Waals surface area (Å²) in [7, 11) is 0. The fourth-order valence-corrected chi connectivity index (χ4v) is 0.924. The van der Waals surface area contributed by atoms with Crippen molar-refractivity contribution in [1.29, 1.82) is 0 Å². The number of carboxylic acid groups (broad SMARTS) is 1. The third-order valence-electron chi connectivity index (χ3n) is 1.61. The summed E-state index contributed by atoms with van der Waals surface area (Å²) in [6.45, 7) is -0.470. The van der Waals surface area contributed by atoms with Crippen molar-refractivity contribution in [3.05, 3.63) is 0 Å². The largest absolute Gasteiger partial charge is 0.481 e. The second-order valence-electron chi connectivity index (χ2n) is 3.06. The molecule has 2 N–H and O–H groups in total. The van der Waals surface area contributed by atoms with E-state index in [1.807, 2.05) is 0 Å². The quantitative estimate of drug-likeness (QED) is 0.579. The maximum absolute atomic E-state index is 11.6. The van der Waals surface area contributed by atoms with Gasteiger partial charge in [-0.1, -0.05) is 0 Å². The molecule has 16 heavy (non-hydrogen) atoms. The molecule has 0 rings (SSSR count). The van der Waals surface area contributed by atoms with E-state index < -0.39 is 19.0 Å². The van der Waals surface area contributed by atoms with Crippen LogP contribution in [-0.4, -0.2) is 43.2 Å². The minimum Gasteiger partial charge on any atom is -0.481 e. The highest BCUT2D eigenvalue weighted by atomic mass is 19.3. The Morgan fingerprint density at radius 2 is 2.00 bits per heavy atom. The van der Waals surface area contributed by atoms with Crippen LogP contribution < -0.4 is 5.32 Å². The minimum absolute atomic E-state index is 0.0228. The molecule has 94 valence electrons. The van der Waals surface area contributed by atoms with Gasteiger partial charge >= 0.3 is 5.97 Å². The van der Waals surface area contributed by atoms with E-state index in [0.717, 1.165) is 0 Å². The SMILES string of the molecule is O=C(O)CCCC(=O)NCCOCC(F)F. The standard InChI is InChI=1S/C9H15F2NO4/c10-7(11)6-16-5-4-12-8(13)2-1-3-9(14)15/h7H,1-6H2,(H,12,13)(H,14,15). The van der Waals surface area contributed by atoms with Gasteiger partial charge in [-0.15, -0.1) is 0 Å². The Hall–Kier alpha value is -1.24. The fourth-order valence-electron chi connectivity index (χ4n) is 0.924. The zero-order valence-electron chi connectivity index (χ0n) is 8.75. The Morgan fingerprint density at radius 1 is 1.31 bits per heavy atom. The molecule has 0 saturated heterocycles. The van der Waals surface area contributed by atoms with Gasteiger partial charge in [0.15, 0.2) is 0 Å². The summed E-state index contributed by atoms with van der Waals surface area (Å²) in [6.07, 6.45) is -2.19. The van der Waals surface area contributed by atoms with Crippen LogP contribution in [0.5, 0.6) is 0 Å². The number of ether oxygens (including phenoxy) is 1. The Morgan fingerprint density at radius 3 is 2.56 bits per heavy atom. The molecular weight excluding hydrogens is 224 g/mol. The fraction of sp³-hybridized carbons (Fsp3) is 0.778. The number of halogens is 2. The average molecular weight is 239 g/mol. The summed E-state index contributed by atoms with van der Waals surface area (Å²) in [5, 5.41) is 10.7. The van der Waals surface area contributed by atoms with Gasteiger partial charge in [0.2, 0.25) is 5.91 Å². The van der Waals surface area contributed by atoms with E-state index in [-0.39, 0.29) is 38.3 Å². The van der Waals surface area contributed by atoms with Gasteiger partial charge in [0.05, 0.1) is 6.61 Å². The van der Waals surface area contributed by atoms with Crippen molar-refractivity contribution in [2.45, 2.75) is 25.7 Å². The molecule has 0 aliphatic carbocycles. The number of carboxylic acids is 1. The van der Waals surface area contributed by atoms with Crippen LogP contribution in [0.15, 0.2) is 0 Å². The van der Waals surface area contributed by atoms with Crippen molar-refractivity contribution in [2.75, 3.05) is 19.8 Å². The van der Waals surface area contributed by atoms with Gasteiger partial charge in [-0.25, -0.2) is 8.78 Å². The van der Waals surface area contributed by atoms with E-state index in [2.05, 4.69) is 10.1 Å². The lowest BCUT2D eigenvalue weighted by Gasteiger charge is -2.05. The topological polar surface area (TPSA) is 75.6 Å². The lowest BCUT2D eigenvalue weighted by molar-refractivity contribution is -0.137. The first-order chi connectivity index (χ1) is 7.52. The van der Waals surface area contributed by atoms with Crippen molar-refractivity contribution in [2.24, 2.45) is 0 Å². The summed E-state index contributed by atoms with van der Waals surface area (Å²) < 4.78 is 27.7. The van der Waals surface area contributed by atoms with Crippen LogP contribution in [0, 0.1) is 0 Å². The third kappa shape index (κ3) is 10.8. The third-order valence-corrected chi connectivity index (χ3v) is 1.61. The monoisotopic (exact) mass is 239 g/mol. The van der Waals surface area contributed by atoms with E-state index in [9.17, 15) is 18.4 Å². The Kier molecular flexibility index (Phi) is 8.32. The highest BCUT2D eigenvalue weighted by Crippen LogP contribution is 1.95. The highest BCUT2D eigenvalue weighted by Gasteiger charge is 2.04. The normalized spacial score (nSPS) is 10.4. The number of rotatable bonds is 9. The van der Waals surface area contributed by atoms with Crippen LogP contribution in [0.25, 0.3) is 0 Å². The number of aliphatic carboxylic acids is 1. The van der Waals surface area contributed by atoms with Crippen molar-refractivity contribution in [3.63, 3.8) is 0 Å². The molecule has 0 heterocycles. The average Bonchev–Trinajstić information content (AvgIpc) is 2.16. The molecule has 0 saturated carbocycles. The van der Waals surface area contributed by atoms with Crippen molar-refractivity contribution >= 4 is 11.9 Å². The smallest absolute Gasteiger partial charge is 0.303 e. The van der Waals surface area contributed by atoms with E-state index in [1.165, 1.54) is 0 Å². The second kappa shape index (κ2) is 9.02. The Balaban J connectivity index is 3.27. The molecule has 7 heteroatoms. The predicted octanol–water partition coefficient (Wildman–Crippen LogP) is 0.639. The Bertz CT molecular complexity index is 224. The van der Waals surface area contributed by atoms with Gasteiger partial charge in [0.1, 0.15) is 6.61 Å². The number of nitrogens with one attached hydrogen (secondary N) is 1. The summed E-state index contributed by atoms with van der Waals surface area (Å²) in [5.41, 5.74) is 0. The van der Waals surface area contributed by atoms with Gasteiger partial charge in [-0.2, -0.15) is 0 Å². The molecule has 0 aromatic carbocycles. The van der Waals surface area contributed by atoms with E-state index in [4.69, 9.17) is 5.11 Å². The molecule has 0 unspecified atom stereocenters. The predicted molar refractivity (Wildman–Crippen MR) is 51.3 cm³/mol. The summed E-state index contributed by atoms with van der Waals surface area (Å²) >= 11 is 0. The molecular formula is C9H15F2NO4. The van der Waals surface area contributed by atoms with Gasteiger partial charge in [0, 0.05) is 19.4 Å². The number of carbonyl (C=O) groups excluding carboxylic acids is 1. The first kappa shape index (κ1) is 14.8. The molecule has 1 amide bonds. The van der Waals surface area contributed by atoms with E-state index >= 15 is 0 Å². The second-order valence-corrected chi connectivity index (χ2v) is 3.06. The van der Waals surface area contributed by atoms with Crippen LogP contribution in [-0.2, 0) is 14.3 Å². The van der Waals surface area contributed by atoms with Gasteiger partial charge < -0.3 is 15.2 Å². The first-order valence-corrected chi connectivity index (χ1v) is 4.86. The van der Waals surface area contributed by atoms with Crippen LogP contribution in [0.2, 0.25) is 0 Å². The molecule has 5 nitrogen and oxygen atoms in total. The molecule has 0 bridgehead atoms. The van der Waals surface area contributed by atoms with Crippen LogP contribution in [0.3, 0.4) is 0 Å². The highest BCUT2D eigenvalue weighted by molar-refractivity contribution is 5.76. The van der Waals surface area contributed by atoms with Crippen molar-refractivity contribution in [3.8, 4) is 0 Å². The van der Waals surface area contributed by atoms with Crippen LogP contribution in [0.1, 0.15) is 19.3 Å². The minimum atomic E-state index is -2.51. The van der Waals surface area contributed by atoms with Crippen LogP contribution in [0.4, 0.5) is 8.78 Å². The van der Waals surface area contributed by atoms with E-state index in [1.54, 1.807) is 0 Å². The molecule has 0 aromatic rings.